The highest BCUT2D eigenvalue weighted by atomic mass is 32.2. The molecule has 0 unspecified atom stereocenters. The van der Waals surface area contributed by atoms with Crippen molar-refractivity contribution in [1.29, 1.82) is 0 Å². The number of sulfonamides is 1. The third-order valence-corrected chi connectivity index (χ3v) is 8.14. The first-order valence-electron chi connectivity index (χ1n) is 11.1. The van der Waals surface area contributed by atoms with Crippen LogP contribution in [-0.4, -0.2) is 61.4 Å². The van der Waals surface area contributed by atoms with Gasteiger partial charge in [0, 0.05) is 47.5 Å². The number of methoxy groups -OCH3 is 1. The molecule has 36 heavy (non-hydrogen) atoms. The second-order valence-electron chi connectivity index (χ2n) is 8.17. The number of fused-ring (bicyclic) bond motifs is 1. The summed E-state index contributed by atoms with van der Waals surface area (Å²) in [5, 5.41) is 2.92. The van der Waals surface area contributed by atoms with E-state index in [2.05, 4.69) is 9.71 Å². The number of benzene rings is 2. The van der Waals surface area contributed by atoms with Gasteiger partial charge in [-0.1, -0.05) is 0 Å². The Kier molecular flexibility index (Phi) is 6.37. The van der Waals surface area contributed by atoms with Crippen LogP contribution in [0.1, 0.15) is 0 Å². The van der Waals surface area contributed by atoms with Crippen LogP contribution in [0.25, 0.3) is 10.9 Å². The quantitative estimate of drug-likeness (QED) is 0.397. The Morgan fingerprint density at radius 2 is 1.94 bits per heavy atom. The van der Waals surface area contributed by atoms with E-state index in [0.717, 1.165) is 16.7 Å². The number of aromatic nitrogens is 2. The molecule has 186 valence electrons. The van der Waals surface area contributed by atoms with Gasteiger partial charge in [0.2, 0.25) is 11.8 Å². The van der Waals surface area contributed by atoms with E-state index in [4.69, 9.17) is 4.74 Å². The standard InChI is InChI=1S/C24H23N5O5S2/c1-34-19-4-7-21-17(14-19)8-10-27(21)15-22(30)28-11-12-29(23(31)16-28)18-2-5-20(6-3-18)36(32,33)26-24-25-9-13-35-24/h2-10,13-14H,11-12,15-16H2,1H3,(H,25,26). The molecule has 0 saturated carbocycles. The molecule has 1 aliphatic rings. The molecule has 1 N–H and O–H groups in total. The zero-order valence-electron chi connectivity index (χ0n) is 19.3. The summed E-state index contributed by atoms with van der Waals surface area (Å²) >= 11 is 1.18. The van der Waals surface area contributed by atoms with Crippen LogP contribution in [0.15, 0.2) is 71.2 Å². The lowest BCUT2D eigenvalue weighted by Gasteiger charge is -2.34. The number of hydrogen-bond acceptors (Lipinski definition) is 7. The van der Waals surface area contributed by atoms with E-state index >= 15 is 0 Å². The van der Waals surface area contributed by atoms with Gasteiger partial charge in [0.25, 0.3) is 10.0 Å². The van der Waals surface area contributed by atoms with E-state index in [0.29, 0.717) is 18.8 Å². The highest BCUT2D eigenvalue weighted by molar-refractivity contribution is 7.93. The van der Waals surface area contributed by atoms with Crippen molar-refractivity contribution in [2.24, 2.45) is 0 Å². The minimum absolute atomic E-state index is 0.0441. The maximum atomic E-state index is 12.9. The summed E-state index contributed by atoms with van der Waals surface area (Å²) < 4.78 is 34.6. The van der Waals surface area contributed by atoms with Gasteiger partial charge >= 0.3 is 0 Å². The Hall–Kier alpha value is -3.90. The Balaban J connectivity index is 1.22. The third-order valence-electron chi connectivity index (χ3n) is 5.97. The predicted molar refractivity (Wildman–Crippen MR) is 137 cm³/mol. The maximum Gasteiger partial charge on any atom is 0.263 e. The predicted octanol–water partition coefficient (Wildman–Crippen LogP) is 2.78. The molecule has 2 aromatic carbocycles. The summed E-state index contributed by atoms with van der Waals surface area (Å²) in [7, 11) is -2.17. The minimum Gasteiger partial charge on any atom is -0.497 e. The van der Waals surface area contributed by atoms with E-state index < -0.39 is 10.0 Å². The number of amides is 2. The van der Waals surface area contributed by atoms with Crippen LogP contribution >= 0.6 is 11.3 Å². The Morgan fingerprint density at radius 1 is 1.14 bits per heavy atom. The molecular formula is C24H23N5O5S2. The molecule has 0 spiro atoms. The number of carbonyl (C=O) groups is 2. The molecule has 1 aliphatic heterocycles. The van der Waals surface area contributed by atoms with Crippen molar-refractivity contribution in [3.8, 4) is 5.75 Å². The summed E-state index contributed by atoms with van der Waals surface area (Å²) in [6.45, 7) is 0.778. The van der Waals surface area contributed by atoms with Gasteiger partial charge in [0.15, 0.2) is 5.13 Å². The lowest BCUT2D eigenvalue weighted by atomic mass is 10.2. The number of ether oxygens (including phenoxy) is 1. The summed E-state index contributed by atoms with van der Waals surface area (Å²) in [5.41, 5.74) is 1.49. The largest absolute Gasteiger partial charge is 0.497 e. The van der Waals surface area contributed by atoms with Crippen LogP contribution in [0, 0.1) is 0 Å². The molecule has 0 radical (unpaired) electrons. The van der Waals surface area contributed by atoms with E-state index in [1.807, 2.05) is 35.0 Å². The highest BCUT2D eigenvalue weighted by Crippen LogP contribution is 2.24. The van der Waals surface area contributed by atoms with E-state index in [1.54, 1.807) is 34.4 Å². The molecule has 5 rings (SSSR count). The average Bonchev–Trinajstić information content (AvgIpc) is 3.53. The van der Waals surface area contributed by atoms with Crippen molar-refractivity contribution in [2.45, 2.75) is 11.4 Å². The number of carbonyl (C=O) groups excluding carboxylic acids is 2. The van der Waals surface area contributed by atoms with Crippen LogP contribution in [-0.2, 0) is 26.2 Å². The number of nitrogens with one attached hydrogen (secondary N) is 1. The number of nitrogens with zero attached hydrogens (tertiary/aromatic N) is 4. The molecular weight excluding hydrogens is 502 g/mol. The zero-order chi connectivity index (χ0) is 25.3. The molecule has 0 aliphatic carbocycles. The number of rotatable bonds is 7. The molecule has 0 bridgehead atoms. The molecule has 2 aromatic heterocycles. The van der Waals surface area contributed by atoms with Crippen LogP contribution in [0.5, 0.6) is 5.75 Å². The van der Waals surface area contributed by atoms with Gasteiger partial charge < -0.3 is 19.1 Å². The Morgan fingerprint density at radius 3 is 2.64 bits per heavy atom. The fraction of sp³-hybridized carbons (Fsp3) is 0.208. The smallest absolute Gasteiger partial charge is 0.263 e. The zero-order valence-corrected chi connectivity index (χ0v) is 21.0. The normalized spacial score (nSPS) is 14.3. The van der Waals surface area contributed by atoms with Crippen molar-refractivity contribution in [1.82, 2.24) is 14.5 Å². The topological polar surface area (TPSA) is 114 Å². The maximum absolute atomic E-state index is 12.9. The van der Waals surface area contributed by atoms with Gasteiger partial charge in [0.05, 0.1) is 12.0 Å². The molecule has 10 nitrogen and oxygen atoms in total. The second-order valence-corrected chi connectivity index (χ2v) is 10.7. The number of anilines is 2. The molecule has 3 heterocycles. The summed E-state index contributed by atoms with van der Waals surface area (Å²) in [6.07, 6.45) is 3.36. The summed E-state index contributed by atoms with van der Waals surface area (Å²) in [4.78, 5) is 32.9. The average molecular weight is 526 g/mol. The van der Waals surface area contributed by atoms with E-state index in [9.17, 15) is 18.0 Å². The Labute approximate surface area is 211 Å². The molecule has 1 saturated heterocycles. The van der Waals surface area contributed by atoms with Gasteiger partial charge in [-0.15, -0.1) is 11.3 Å². The first-order chi connectivity index (χ1) is 17.3. The summed E-state index contributed by atoms with van der Waals surface area (Å²) in [5.74, 6) is 0.369. The highest BCUT2D eigenvalue weighted by Gasteiger charge is 2.28. The fourth-order valence-electron chi connectivity index (χ4n) is 4.10. The fourth-order valence-corrected chi connectivity index (χ4v) is 5.89. The number of hydrogen-bond donors (Lipinski definition) is 1. The van der Waals surface area contributed by atoms with E-state index in [-0.39, 0.29) is 34.9 Å². The minimum atomic E-state index is -3.78. The first-order valence-corrected chi connectivity index (χ1v) is 13.4. The SMILES string of the molecule is COc1ccc2c(ccn2CC(=O)N2CCN(c3ccc(S(=O)(=O)Nc4nccs4)cc3)C(=O)C2)c1. The van der Waals surface area contributed by atoms with Crippen molar-refractivity contribution in [2.75, 3.05) is 36.4 Å². The van der Waals surface area contributed by atoms with Crippen molar-refractivity contribution in [3.63, 3.8) is 0 Å². The van der Waals surface area contributed by atoms with Gasteiger partial charge in [-0.05, 0) is 48.5 Å². The number of piperazine rings is 1. The van der Waals surface area contributed by atoms with Crippen LogP contribution < -0.4 is 14.4 Å². The second kappa shape index (κ2) is 9.63. The lowest BCUT2D eigenvalue weighted by molar-refractivity contribution is -0.137. The van der Waals surface area contributed by atoms with Gasteiger partial charge in [0.1, 0.15) is 18.8 Å². The molecule has 4 aromatic rings. The lowest BCUT2D eigenvalue weighted by Crippen LogP contribution is -2.53. The number of thiazole rings is 1. The van der Waals surface area contributed by atoms with E-state index in [1.165, 1.54) is 29.7 Å². The monoisotopic (exact) mass is 525 g/mol. The molecule has 12 heteroatoms. The molecule has 2 amide bonds. The molecule has 0 atom stereocenters. The van der Waals surface area contributed by atoms with Crippen molar-refractivity contribution in [3.05, 3.63) is 66.3 Å². The van der Waals surface area contributed by atoms with Crippen LogP contribution in [0.3, 0.4) is 0 Å². The summed E-state index contributed by atoms with van der Waals surface area (Å²) in [6, 6.07) is 13.6. The first kappa shape index (κ1) is 23.8. The van der Waals surface area contributed by atoms with Crippen LogP contribution in [0.2, 0.25) is 0 Å². The van der Waals surface area contributed by atoms with Gasteiger partial charge in [-0.25, -0.2) is 13.4 Å². The molecule has 1 fully saturated rings. The third kappa shape index (κ3) is 4.77. The van der Waals surface area contributed by atoms with Gasteiger partial charge in [-0.2, -0.15) is 0 Å². The van der Waals surface area contributed by atoms with Crippen LogP contribution in [0.4, 0.5) is 10.8 Å². The van der Waals surface area contributed by atoms with Crippen molar-refractivity contribution < 1.29 is 22.7 Å². The van der Waals surface area contributed by atoms with Gasteiger partial charge in [-0.3, -0.25) is 14.3 Å². The Bertz CT molecular complexity index is 1510. The van der Waals surface area contributed by atoms with Crippen molar-refractivity contribution >= 4 is 54.9 Å².